The zero-order chi connectivity index (χ0) is 18.6. The normalized spacial score (nSPS) is 12.8. The van der Waals surface area contributed by atoms with Gasteiger partial charge in [-0.25, -0.2) is 13.1 Å². The monoisotopic (exact) mass is 369 g/mol. The molecular formula is C21H23NO3S. The Labute approximate surface area is 154 Å². The number of sulfonamides is 1. The van der Waals surface area contributed by atoms with Crippen molar-refractivity contribution in [2.45, 2.75) is 31.2 Å². The quantitative estimate of drug-likeness (QED) is 0.658. The molecule has 1 N–H and O–H groups in total. The second kappa shape index (κ2) is 7.89. The van der Waals surface area contributed by atoms with Gasteiger partial charge < -0.3 is 4.74 Å². The van der Waals surface area contributed by atoms with Gasteiger partial charge in [-0.05, 0) is 53.9 Å². The lowest BCUT2D eigenvalue weighted by Gasteiger charge is -2.15. The van der Waals surface area contributed by atoms with E-state index in [0.717, 1.165) is 28.5 Å². The van der Waals surface area contributed by atoms with Crippen molar-refractivity contribution in [1.29, 1.82) is 0 Å². The summed E-state index contributed by atoms with van der Waals surface area (Å²) in [6, 6.07) is 20.0. The number of fused-ring (bicyclic) bond motifs is 1. The van der Waals surface area contributed by atoms with Crippen LogP contribution in [0.5, 0.6) is 5.75 Å². The highest BCUT2D eigenvalue weighted by Gasteiger charge is 2.18. The van der Waals surface area contributed by atoms with Gasteiger partial charge in [0.2, 0.25) is 10.0 Å². The molecule has 0 aliphatic rings. The number of rotatable bonds is 7. The topological polar surface area (TPSA) is 55.4 Å². The lowest BCUT2D eigenvalue weighted by molar-refractivity contribution is 0.318. The first-order valence-electron chi connectivity index (χ1n) is 8.73. The van der Waals surface area contributed by atoms with Crippen molar-refractivity contribution in [1.82, 2.24) is 4.72 Å². The molecule has 0 aromatic heterocycles. The van der Waals surface area contributed by atoms with Gasteiger partial charge in [-0.15, -0.1) is 0 Å². The van der Waals surface area contributed by atoms with Gasteiger partial charge in [-0.1, -0.05) is 49.4 Å². The fourth-order valence-corrected chi connectivity index (χ4v) is 4.06. The van der Waals surface area contributed by atoms with E-state index in [-0.39, 0.29) is 10.9 Å². The highest BCUT2D eigenvalue weighted by atomic mass is 32.2. The summed E-state index contributed by atoms with van der Waals surface area (Å²) in [5.41, 5.74) is 0.926. The predicted molar refractivity (Wildman–Crippen MR) is 105 cm³/mol. The van der Waals surface area contributed by atoms with Gasteiger partial charge in [0.25, 0.3) is 0 Å². The van der Waals surface area contributed by atoms with E-state index in [4.69, 9.17) is 4.74 Å². The second-order valence-electron chi connectivity index (χ2n) is 6.27. The molecule has 1 unspecified atom stereocenters. The van der Waals surface area contributed by atoms with Gasteiger partial charge >= 0.3 is 0 Å². The minimum absolute atomic E-state index is 0.259. The van der Waals surface area contributed by atoms with Crippen LogP contribution in [-0.4, -0.2) is 15.0 Å². The zero-order valence-corrected chi connectivity index (χ0v) is 15.8. The summed E-state index contributed by atoms with van der Waals surface area (Å²) >= 11 is 0. The van der Waals surface area contributed by atoms with Crippen molar-refractivity contribution >= 4 is 20.8 Å². The fraction of sp³-hybridized carbons (Fsp3) is 0.238. The van der Waals surface area contributed by atoms with E-state index in [9.17, 15) is 8.42 Å². The van der Waals surface area contributed by atoms with Crippen LogP contribution in [0.25, 0.3) is 10.8 Å². The van der Waals surface area contributed by atoms with Crippen LogP contribution in [0, 0.1) is 0 Å². The summed E-state index contributed by atoms with van der Waals surface area (Å²) in [5.74, 6) is 0.797. The molecule has 0 fully saturated rings. The largest absolute Gasteiger partial charge is 0.494 e. The smallest absolute Gasteiger partial charge is 0.241 e. The molecular weight excluding hydrogens is 346 g/mol. The standard InChI is InChI=1S/C21H23NO3S/c1-3-13-25-20-11-9-19-15-21(12-10-18(19)14-20)26(23,24)22-16(2)17-7-5-4-6-8-17/h4-12,14-16,22H,3,13H2,1-2H3. The highest BCUT2D eigenvalue weighted by Crippen LogP contribution is 2.25. The summed E-state index contributed by atoms with van der Waals surface area (Å²) in [7, 11) is -3.60. The molecule has 0 amide bonds. The summed E-state index contributed by atoms with van der Waals surface area (Å²) in [6.45, 7) is 4.56. The summed E-state index contributed by atoms with van der Waals surface area (Å²) in [5, 5.41) is 1.82. The van der Waals surface area contributed by atoms with E-state index in [1.54, 1.807) is 12.1 Å². The molecule has 3 aromatic carbocycles. The first-order chi connectivity index (χ1) is 12.5. The minimum Gasteiger partial charge on any atom is -0.494 e. The lowest BCUT2D eigenvalue weighted by Crippen LogP contribution is -2.26. The maximum Gasteiger partial charge on any atom is 0.241 e. The molecule has 0 aliphatic heterocycles. The molecule has 0 saturated heterocycles. The van der Waals surface area contributed by atoms with Crippen molar-refractivity contribution in [3.8, 4) is 5.75 Å². The number of hydrogen-bond acceptors (Lipinski definition) is 3. The Morgan fingerprint density at radius 3 is 2.38 bits per heavy atom. The molecule has 4 nitrogen and oxygen atoms in total. The van der Waals surface area contributed by atoms with E-state index in [1.807, 2.05) is 61.5 Å². The van der Waals surface area contributed by atoms with Crippen LogP contribution in [0.2, 0.25) is 0 Å². The Kier molecular flexibility index (Phi) is 5.59. The highest BCUT2D eigenvalue weighted by molar-refractivity contribution is 7.89. The van der Waals surface area contributed by atoms with Crippen molar-refractivity contribution in [3.05, 3.63) is 72.3 Å². The summed E-state index contributed by atoms with van der Waals surface area (Å²) in [4.78, 5) is 0.259. The van der Waals surface area contributed by atoms with Gasteiger partial charge in [0.05, 0.1) is 11.5 Å². The molecule has 0 saturated carbocycles. The van der Waals surface area contributed by atoms with Crippen molar-refractivity contribution in [3.63, 3.8) is 0 Å². The molecule has 3 aromatic rings. The Morgan fingerprint density at radius 1 is 0.962 bits per heavy atom. The molecule has 136 valence electrons. The third-order valence-corrected chi connectivity index (χ3v) is 5.74. The van der Waals surface area contributed by atoms with Gasteiger partial charge in [-0.2, -0.15) is 0 Å². The number of benzene rings is 3. The molecule has 3 rings (SSSR count). The molecule has 0 spiro atoms. The lowest BCUT2D eigenvalue weighted by atomic mass is 10.1. The van der Waals surface area contributed by atoms with Crippen LogP contribution in [0.15, 0.2) is 71.6 Å². The first kappa shape index (κ1) is 18.4. The maximum absolute atomic E-state index is 12.7. The Bertz CT molecular complexity index is 985. The van der Waals surface area contributed by atoms with E-state index in [2.05, 4.69) is 11.6 Å². The van der Waals surface area contributed by atoms with Crippen LogP contribution in [0.4, 0.5) is 0 Å². The molecule has 0 bridgehead atoms. The van der Waals surface area contributed by atoms with E-state index in [0.29, 0.717) is 6.61 Å². The Balaban J connectivity index is 1.84. The number of nitrogens with one attached hydrogen (secondary N) is 1. The van der Waals surface area contributed by atoms with Crippen LogP contribution in [0.3, 0.4) is 0 Å². The van der Waals surface area contributed by atoms with Crippen molar-refractivity contribution in [2.75, 3.05) is 6.61 Å². The SMILES string of the molecule is CCCOc1ccc2cc(S(=O)(=O)NC(C)c3ccccc3)ccc2c1. The van der Waals surface area contributed by atoms with Crippen LogP contribution in [0.1, 0.15) is 31.9 Å². The van der Waals surface area contributed by atoms with E-state index in [1.165, 1.54) is 0 Å². The third kappa shape index (κ3) is 4.23. The van der Waals surface area contributed by atoms with Crippen LogP contribution < -0.4 is 9.46 Å². The molecule has 0 aliphatic carbocycles. The third-order valence-electron chi connectivity index (χ3n) is 4.20. The second-order valence-corrected chi connectivity index (χ2v) is 7.99. The molecule has 26 heavy (non-hydrogen) atoms. The van der Waals surface area contributed by atoms with E-state index >= 15 is 0 Å². The molecule has 1 atom stereocenters. The Hall–Kier alpha value is -2.37. The van der Waals surface area contributed by atoms with Crippen molar-refractivity contribution < 1.29 is 13.2 Å². The van der Waals surface area contributed by atoms with Crippen molar-refractivity contribution in [2.24, 2.45) is 0 Å². The molecule has 0 heterocycles. The average Bonchev–Trinajstić information content (AvgIpc) is 2.66. The van der Waals surface area contributed by atoms with E-state index < -0.39 is 10.0 Å². The Morgan fingerprint density at radius 2 is 1.65 bits per heavy atom. The maximum atomic E-state index is 12.7. The predicted octanol–water partition coefficient (Wildman–Crippen LogP) is 4.67. The summed E-state index contributed by atoms with van der Waals surface area (Å²) < 4.78 is 33.8. The zero-order valence-electron chi connectivity index (χ0n) is 15.0. The first-order valence-corrected chi connectivity index (χ1v) is 10.2. The van der Waals surface area contributed by atoms with Gasteiger partial charge in [-0.3, -0.25) is 0 Å². The molecule has 0 radical (unpaired) electrons. The average molecular weight is 369 g/mol. The minimum atomic E-state index is -3.60. The van der Waals surface area contributed by atoms with Crippen LogP contribution >= 0.6 is 0 Å². The molecule has 5 heteroatoms. The summed E-state index contributed by atoms with van der Waals surface area (Å²) in [6.07, 6.45) is 0.945. The number of hydrogen-bond donors (Lipinski definition) is 1. The number of ether oxygens (including phenoxy) is 1. The van der Waals surface area contributed by atoms with Crippen LogP contribution in [-0.2, 0) is 10.0 Å². The van der Waals surface area contributed by atoms with Gasteiger partial charge in [0.15, 0.2) is 0 Å². The fourth-order valence-electron chi connectivity index (χ4n) is 2.79. The van der Waals surface area contributed by atoms with Gasteiger partial charge in [0, 0.05) is 6.04 Å². The van der Waals surface area contributed by atoms with Gasteiger partial charge in [0.1, 0.15) is 5.75 Å².